The van der Waals surface area contributed by atoms with Crippen LogP contribution in [0.1, 0.15) is 38.5 Å². The number of hydrogen-bond donors (Lipinski definition) is 0. The highest BCUT2D eigenvalue weighted by molar-refractivity contribution is 6.18. The first-order chi connectivity index (χ1) is 9.90. The van der Waals surface area contributed by atoms with Crippen molar-refractivity contribution < 1.29 is 4.74 Å². The lowest BCUT2D eigenvalue weighted by Crippen LogP contribution is -2.39. The van der Waals surface area contributed by atoms with Gasteiger partial charge in [-0.25, -0.2) is 0 Å². The Morgan fingerprint density at radius 3 is 2.50 bits per heavy atom. The number of rotatable bonds is 8. The molecule has 0 aromatic heterocycles. The van der Waals surface area contributed by atoms with E-state index < -0.39 is 0 Å². The van der Waals surface area contributed by atoms with Crippen molar-refractivity contribution in [3.63, 3.8) is 0 Å². The third kappa shape index (κ3) is 5.34. The summed E-state index contributed by atoms with van der Waals surface area (Å²) < 4.78 is 5.76. The largest absolute Gasteiger partial charge is 0.494 e. The van der Waals surface area contributed by atoms with Gasteiger partial charge < -0.3 is 4.74 Å². The Morgan fingerprint density at radius 1 is 1.05 bits per heavy atom. The molecule has 0 heterocycles. The van der Waals surface area contributed by atoms with Gasteiger partial charge >= 0.3 is 0 Å². The van der Waals surface area contributed by atoms with Gasteiger partial charge in [0.05, 0.1) is 6.61 Å². The molecule has 3 heteroatoms. The maximum absolute atomic E-state index is 5.95. The van der Waals surface area contributed by atoms with Gasteiger partial charge in [-0.15, -0.1) is 11.6 Å². The molecule has 1 aliphatic carbocycles. The van der Waals surface area contributed by atoms with Gasteiger partial charge in [0, 0.05) is 25.0 Å². The minimum absolute atomic E-state index is 0.732. The van der Waals surface area contributed by atoms with Crippen molar-refractivity contribution in [1.29, 1.82) is 0 Å². The topological polar surface area (TPSA) is 12.5 Å². The predicted molar refractivity (Wildman–Crippen MR) is 85.7 cm³/mol. The van der Waals surface area contributed by atoms with Crippen molar-refractivity contribution in [2.45, 2.75) is 44.6 Å². The first kappa shape index (κ1) is 15.7. The van der Waals surface area contributed by atoms with E-state index in [-0.39, 0.29) is 0 Å². The quantitative estimate of drug-likeness (QED) is 0.523. The molecule has 1 aromatic rings. The van der Waals surface area contributed by atoms with Crippen LogP contribution >= 0.6 is 11.6 Å². The van der Waals surface area contributed by atoms with E-state index in [0.717, 1.165) is 43.8 Å². The Morgan fingerprint density at radius 2 is 1.80 bits per heavy atom. The third-order valence-electron chi connectivity index (χ3n) is 4.06. The molecule has 0 spiro atoms. The molecule has 0 aliphatic heterocycles. The van der Waals surface area contributed by atoms with E-state index in [0.29, 0.717) is 0 Å². The molecule has 1 fully saturated rings. The van der Waals surface area contributed by atoms with E-state index >= 15 is 0 Å². The zero-order valence-electron chi connectivity index (χ0n) is 12.3. The molecular formula is C17H26ClNO. The summed E-state index contributed by atoms with van der Waals surface area (Å²) in [5, 5.41) is 0. The van der Waals surface area contributed by atoms with Crippen LogP contribution in [0.3, 0.4) is 0 Å². The van der Waals surface area contributed by atoms with Crippen LogP contribution in [0, 0.1) is 0 Å². The lowest BCUT2D eigenvalue weighted by atomic mass is 9.94. The summed E-state index contributed by atoms with van der Waals surface area (Å²) in [6.07, 6.45) is 7.92. The maximum Gasteiger partial charge on any atom is 0.119 e. The average molecular weight is 296 g/mol. The first-order valence-electron chi connectivity index (χ1n) is 7.88. The summed E-state index contributed by atoms with van der Waals surface area (Å²) in [4.78, 5) is 2.57. The molecule has 0 saturated heterocycles. The second-order valence-corrected chi connectivity index (χ2v) is 5.91. The molecule has 1 aromatic carbocycles. The van der Waals surface area contributed by atoms with Gasteiger partial charge in [-0.2, -0.15) is 0 Å². The summed E-state index contributed by atoms with van der Waals surface area (Å²) in [6, 6.07) is 10.8. The number of alkyl halides is 1. The van der Waals surface area contributed by atoms with Gasteiger partial charge in [0.25, 0.3) is 0 Å². The van der Waals surface area contributed by atoms with Crippen LogP contribution in [0.2, 0.25) is 0 Å². The first-order valence-corrected chi connectivity index (χ1v) is 8.41. The number of ether oxygens (including phenoxy) is 1. The van der Waals surface area contributed by atoms with E-state index in [4.69, 9.17) is 16.3 Å². The van der Waals surface area contributed by atoms with Crippen molar-refractivity contribution in [2.24, 2.45) is 0 Å². The highest BCUT2D eigenvalue weighted by Gasteiger charge is 2.20. The lowest BCUT2D eigenvalue weighted by molar-refractivity contribution is 0.153. The van der Waals surface area contributed by atoms with Gasteiger partial charge in [-0.1, -0.05) is 37.5 Å². The minimum atomic E-state index is 0.732. The molecule has 0 amide bonds. The zero-order chi connectivity index (χ0) is 14.0. The van der Waals surface area contributed by atoms with Crippen molar-refractivity contribution in [3.05, 3.63) is 30.3 Å². The smallest absolute Gasteiger partial charge is 0.119 e. The van der Waals surface area contributed by atoms with E-state index in [1.165, 1.54) is 32.1 Å². The zero-order valence-corrected chi connectivity index (χ0v) is 13.0. The van der Waals surface area contributed by atoms with E-state index in [1.54, 1.807) is 0 Å². The fourth-order valence-corrected chi connectivity index (χ4v) is 3.22. The molecule has 0 radical (unpaired) electrons. The van der Waals surface area contributed by atoms with Crippen LogP contribution in [0.15, 0.2) is 30.3 Å². The van der Waals surface area contributed by atoms with Gasteiger partial charge in [-0.3, -0.25) is 4.90 Å². The van der Waals surface area contributed by atoms with Crippen molar-refractivity contribution >= 4 is 11.6 Å². The molecule has 2 rings (SSSR count). The number of para-hydroxylation sites is 1. The van der Waals surface area contributed by atoms with E-state index in [1.807, 2.05) is 30.3 Å². The number of nitrogens with zero attached hydrogens (tertiary/aromatic N) is 1. The number of hydrogen-bond acceptors (Lipinski definition) is 2. The highest BCUT2D eigenvalue weighted by Crippen LogP contribution is 2.22. The molecule has 1 saturated carbocycles. The molecule has 0 bridgehead atoms. The number of benzene rings is 1. The second-order valence-electron chi connectivity index (χ2n) is 5.53. The Hall–Kier alpha value is -0.730. The SMILES string of the molecule is ClCCN(CCCOc1ccccc1)C1CCCCC1. The van der Waals surface area contributed by atoms with Crippen LogP contribution in [0.4, 0.5) is 0 Å². The van der Waals surface area contributed by atoms with Crippen LogP contribution in [0.25, 0.3) is 0 Å². The molecule has 2 nitrogen and oxygen atoms in total. The highest BCUT2D eigenvalue weighted by atomic mass is 35.5. The van der Waals surface area contributed by atoms with Gasteiger partial charge in [0.1, 0.15) is 5.75 Å². The van der Waals surface area contributed by atoms with E-state index in [2.05, 4.69) is 4.90 Å². The van der Waals surface area contributed by atoms with Crippen LogP contribution in [-0.2, 0) is 0 Å². The normalized spacial score (nSPS) is 16.5. The van der Waals surface area contributed by atoms with Crippen LogP contribution in [0.5, 0.6) is 5.75 Å². The fraction of sp³-hybridized carbons (Fsp3) is 0.647. The predicted octanol–water partition coefficient (Wildman–Crippen LogP) is 4.33. The monoisotopic (exact) mass is 295 g/mol. The van der Waals surface area contributed by atoms with Crippen molar-refractivity contribution in [1.82, 2.24) is 4.90 Å². The summed E-state index contributed by atoms with van der Waals surface area (Å²) in [5.74, 6) is 1.70. The third-order valence-corrected chi connectivity index (χ3v) is 4.23. The van der Waals surface area contributed by atoms with Crippen molar-refractivity contribution in [2.75, 3.05) is 25.6 Å². The molecular weight excluding hydrogens is 270 g/mol. The second kappa shape index (κ2) is 9.25. The molecule has 0 N–H and O–H groups in total. The van der Waals surface area contributed by atoms with Gasteiger partial charge in [-0.05, 0) is 31.4 Å². The van der Waals surface area contributed by atoms with Gasteiger partial charge in [0.2, 0.25) is 0 Å². The summed E-state index contributed by atoms with van der Waals surface area (Å²) in [6.45, 7) is 2.90. The Balaban J connectivity index is 1.69. The molecule has 0 atom stereocenters. The summed E-state index contributed by atoms with van der Waals surface area (Å²) in [5.41, 5.74) is 0. The minimum Gasteiger partial charge on any atom is -0.494 e. The Labute approximate surface area is 128 Å². The molecule has 20 heavy (non-hydrogen) atoms. The molecule has 1 aliphatic rings. The number of halogens is 1. The van der Waals surface area contributed by atoms with Crippen molar-refractivity contribution in [3.8, 4) is 5.75 Å². The Kier molecular flexibility index (Phi) is 7.24. The molecule has 112 valence electrons. The fourth-order valence-electron chi connectivity index (χ4n) is 3.01. The van der Waals surface area contributed by atoms with Crippen LogP contribution < -0.4 is 4.74 Å². The standard InChI is InChI=1S/C17H26ClNO/c18-12-14-19(16-8-3-1-4-9-16)13-7-15-20-17-10-5-2-6-11-17/h2,5-6,10-11,16H,1,3-4,7-9,12-15H2. The Bertz CT molecular complexity index is 351. The maximum atomic E-state index is 5.95. The summed E-state index contributed by atoms with van der Waals surface area (Å²) >= 11 is 5.95. The average Bonchev–Trinajstić information content (AvgIpc) is 2.52. The van der Waals surface area contributed by atoms with Gasteiger partial charge in [0.15, 0.2) is 0 Å². The van der Waals surface area contributed by atoms with E-state index in [9.17, 15) is 0 Å². The summed E-state index contributed by atoms with van der Waals surface area (Å²) in [7, 11) is 0. The molecule has 0 unspecified atom stereocenters. The lowest BCUT2D eigenvalue weighted by Gasteiger charge is -2.33. The van der Waals surface area contributed by atoms with Crippen LogP contribution in [-0.4, -0.2) is 36.5 Å².